The summed E-state index contributed by atoms with van der Waals surface area (Å²) in [5.41, 5.74) is 3.58. The van der Waals surface area contributed by atoms with Gasteiger partial charge in [-0.05, 0) is 32.0 Å². The number of morpholine rings is 1. The molecule has 5 rings (SSSR count). The molecule has 0 radical (unpaired) electrons. The van der Waals surface area contributed by atoms with E-state index >= 15 is 0 Å². The van der Waals surface area contributed by atoms with Crippen LogP contribution >= 0.6 is 0 Å². The van der Waals surface area contributed by atoms with Gasteiger partial charge in [0.1, 0.15) is 0 Å². The van der Waals surface area contributed by atoms with Crippen LogP contribution in [-0.2, 0) is 11.3 Å². The lowest BCUT2D eigenvalue weighted by Crippen LogP contribution is -2.46. The summed E-state index contributed by atoms with van der Waals surface area (Å²) in [6, 6.07) is 11.8. The van der Waals surface area contributed by atoms with Gasteiger partial charge in [-0.15, -0.1) is 0 Å². The summed E-state index contributed by atoms with van der Waals surface area (Å²) in [6.45, 7) is 6.32. The van der Waals surface area contributed by atoms with Crippen molar-refractivity contribution >= 4 is 28.3 Å². The molecular weight excluding hydrogens is 366 g/mol. The van der Waals surface area contributed by atoms with Gasteiger partial charge >= 0.3 is 0 Å². The Labute approximate surface area is 168 Å². The van der Waals surface area contributed by atoms with Gasteiger partial charge in [-0.25, -0.2) is 19.5 Å². The second kappa shape index (κ2) is 7.29. The summed E-state index contributed by atoms with van der Waals surface area (Å²) >= 11 is 0. The Hall–Kier alpha value is -3.26. The van der Waals surface area contributed by atoms with Crippen LogP contribution in [0.25, 0.3) is 16.7 Å². The number of rotatable bonds is 4. The van der Waals surface area contributed by atoms with Gasteiger partial charge in [0.05, 0.1) is 41.7 Å². The van der Waals surface area contributed by atoms with Gasteiger partial charge in [-0.2, -0.15) is 5.10 Å². The van der Waals surface area contributed by atoms with Crippen LogP contribution in [0, 0.1) is 0 Å². The minimum absolute atomic E-state index is 0.142. The van der Waals surface area contributed by atoms with Gasteiger partial charge in [0, 0.05) is 25.4 Å². The molecule has 2 atom stereocenters. The average Bonchev–Trinajstić information content (AvgIpc) is 3.20. The van der Waals surface area contributed by atoms with E-state index in [1.54, 1.807) is 12.4 Å². The molecule has 4 aromatic rings. The first-order chi connectivity index (χ1) is 14.2. The van der Waals surface area contributed by atoms with E-state index in [-0.39, 0.29) is 12.2 Å². The monoisotopic (exact) mass is 389 g/mol. The third-order valence-corrected chi connectivity index (χ3v) is 5.08. The van der Waals surface area contributed by atoms with Crippen molar-refractivity contribution in [3.05, 3.63) is 54.5 Å². The van der Waals surface area contributed by atoms with Crippen molar-refractivity contribution in [2.75, 3.05) is 23.3 Å². The first-order valence-corrected chi connectivity index (χ1v) is 9.86. The lowest BCUT2D eigenvalue weighted by atomic mass is 10.2. The van der Waals surface area contributed by atoms with Crippen LogP contribution in [-0.4, -0.2) is 49.9 Å². The predicted octanol–water partition coefficient (Wildman–Crippen LogP) is 2.90. The molecular formula is C21H23N7O. The molecule has 4 heterocycles. The second-order valence-electron chi connectivity index (χ2n) is 7.44. The number of benzene rings is 1. The van der Waals surface area contributed by atoms with Crippen molar-refractivity contribution in [2.24, 2.45) is 0 Å². The number of nitrogens with one attached hydrogen (secondary N) is 1. The number of ether oxygens (including phenoxy) is 1. The number of aromatic nitrogens is 5. The number of fused-ring (bicyclic) bond motifs is 2. The summed E-state index contributed by atoms with van der Waals surface area (Å²) < 4.78 is 7.74. The SMILES string of the molecule is CC1CN(c2nc3ccccc3nc2NCc2ccnc3ccnn23)CC(C)O1. The number of hydrogen-bond acceptors (Lipinski definition) is 7. The van der Waals surface area contributed by atoms with Gasteiger partial charge in [0.15, 0.2) is 17.3 Å². The molecule has 0 saturated carbocycles. The van der Waals surface area contributed by atoms with Crippen molar-refractivity contribution in [3.8, 4) is 0 Å². The van der Waals surface area contributed by atoms with Crippen LogP contribution in [0.2, 0.25) is 0 Å². The molecule has 2 unspecified atom stereocenters. The minimum atomic E-state index is 0.142. The molecule has 1 N–H and O–H groups in total. The molecule has 8 heteroatoms. The lowest BCUT2D eigenvalue weighted by Gasteiger charge is -2.36. The zero-order valence-corrected chi connectivity index (χ0v) is 16.5. The van der Waals surface area contributed by atoms with E-state index < -0.39 is 0 Å². The third kappa shape index (κ3) is 3.47. The Bertz CT molecular complexity index is 1150. The maximum atomic E-state index is 5.91. The van der Waals surface area contributed by atoms with Crippen LogP contribution in [0.15, 0.2) is 48.8 Å². The van der Waals surface area contributed by atoms with E-state index in [9.17, 15) is 0 Å². The van der Waals surface area contributed by atoms with Crippen molar-refractivity contribution in [3.63, 3.8) is 0 Å². The van der Waals surface area contributed by atoms with E-state index in [0.29, 0.717) is 6.54 Å². The molecule has 0 spiro atoms. The molecule has 29 heavy (non-hydrogen) atoms. The van der Waals surface area contributed by atoms with Crippen LogP contribution in [0.5, 0.6) is 0 Å². The highest BCUT2D eigenvalue weighted by Crippen LogP contribution is 2.28. The molecule has 1 aliphatic rings. The summed E-state index contributed by atoms with van der Waals surface area (Å²) in [5, 5.41) is 7.85. The van der Waals surface area contributed by atoms with Crippen molar-refractivity contribution in [1.29, 1.82) is 0 Å². The van der Waals surface area contributed by atoms with Crippen LogP contribution in [0.3, 0.4) is 0 Å². The van der Waals surface area contributed by atoms with E-state index in [1.165, 1.54) is 0 Å². The van der Waals surface area contributed by atoms with E-state index in [2.05, 4.69) is 34.1 Å². The van der Waals surface area contributed by atoms with Gasteiger partial charge in [0.2, 0.25) is 0 Å². The number of hydrogen-bond donors (Lipinski definition) is 1. The normalized spacial score (nSPS) is 19.7. The van der Waals surface area contributed by atoms with Crippen LogP contribution < -0.4 is 10.2 Å². The molecule has 0 bridgehead atoms. The molecule has 0 amide bonds. The lowest BCUT2D eigenvalue weighted by molar-refractivity contribution is -0.00541. The quantitative estimate of drug-likeness (QED) is 0.575. The summed E-state index contributed by atoms with van der Waals surface area (Å²) in [5.74, 6) is 1.62. The van der Waals surface area contributed by atoms with Crippen LogP contribution in [0.4, 0.5) is 11.6 Å². The average molecular weight is 389 g/mol. The zero-order valence-electron chi connectivity index (χ0n) is 16.5. The Morgan fingerprint density at radius 1 is 1.00 bits per heavy atom. The fraction of sp³-hybridized carbons (Fsp3) is 0.333. The zero-order chi connectivity index (χ0) is 19.8. The van der Waals surface area contributed by atoms with Crippen molar-refractivity contribution in [2.45, 2.75) is 32.6 Å². The van der Waals surface area contributed by atoms with Gasteiger partial charge in [-0.3, -0.25) is 0 Å². The molecule has 148 valence electrons. The summed E-state index contributed by atoms with van der Waals surface area (Å²) in [6.07, 6.45) is 3.84. The van der Waals surface area contributed by atoms with Crippen molar-refractivity contribution in [1.82, 2.24) is 24.6 Å². The Balaban J connectivity index is 1.52. The highest BCUT2D eigenvalue weighted by Gasteiger charge is 2.26. The minimum Gasteiger partial charge on any atom is -0.372 e. The molecule has 0 aliphatic carbocycles. The molecule has 3 aromatic heterocycles. The summed E-state index contributed by atoms with van der Waals surface area (Å²) in [7, 11) is 0. The fourth-order valence-electron chi connectivity index (χ4n) is 3.87. The molecule has 1 aromatic carbocycles. The van der Waals surface area contributed by atoms with Crippen LogP contribution in [0.1, 0.15) is 19.5 Å². The molecule has 1 saturated heterocycles. The fourth-order valence-corrected chi connectivity index (χ4v) is 3.87. The Kier molecular flexibility index (Phi) is 4.48. The Morgan fingerprint density at radius 3 is 2.55 bits per heavy atom. The standard InChI is InChI=1S/C21H23N7O/c1-14-12-27(13-15(2)29-14)21-20(25-17-5-3-4-6-18(17)26-21)23-11-16-7-9-22-19-8-10-24-28(16)19/h3-10,14-15H,11-13H2,1-2H3,(H,23,25). The van der Waals surface area contributed by atoms with Gasteiger partial charge in [0.25, 0.3) is 0 Å². The van der Waals surface area contributed by atoms with E-state index in [1.807, 2.05) is 40.9 Å². The largest absolute Gasteiger partial charge is 0.372 e. The van der Waals surface area contributed by atoms with Gasteiger partial charge < -0.3 is 15.0 Å². The first kappa shape index (κ1) is 17.8. The topological polar surface area (TPSA) is 80.5 Å². The first-order valence-electron chi connectivity index (χ1n) is 9.86. The number of para-hydroxylation sites is 2. The van der Waals surface area contributed by atoms with Gasteiger partial charge in [-0.1, -0.05) is 12.1 Å². The maximum Gasteiger partial charge on any atom is 0.172 e. The number of anilines is 2. The highest BCUT2D eigenvalue weighted by molar-refractivity contribution is 5.80. The van der Waals surface area contributed by atoms with E-state index in [0.717, 1.165) is 47.1 Å². The summed E-state index contributed by atoms with van der Waals surface area (Å²) in [4.78, 5) is 16.4. The smallest absolute Gasteiger partial charge is 0.172 e. The molecule has 8 nitrogen and oxygen atoms in total. The Morgan fingerprint density at radius 2 is 1.76 bits per heavy atom. The number of nitrogens with zero attached hydrogens (tertiary/aromatic N) is 6. The van der Waals surface area contributed by atoms with Crippen molar-refractivity contribution < 1.29 is 4.74 Å². The second-order valence-corrected chi connectivity index (χ2v) is 7.44. The third-order valence-electron chi connectivity index (χ3n) is 5.08. The highest BCUT2D eigenvalue weighted by atomic mass is 16.5. The maximum absolute atomic E-state index is 5.91. The molecule has 1 aliphatic heterocycles. The predicted molar refractivity (Wildman–Crippen MR) is 112 cm³/mol. The molecule has 1 fully saturated rings. The van der Waals surface area contributed by atoms with E-state index in [4.69, 9.17) is 14.7 Å².